The highest BCUT2D eigenvalue weighted by atomic mass is 35.5. The van der Waals surface area contributed by atoms with E-state index in [9.17, 15) is 9.59 Å². The molecular weight excluding hydrogens is 340 g/mol. The molecule has 1 aliphatic heterocycles. The maximum atomic E-state index is 12.4. The Kier molecular flexibility index (Phi) is 4.09. The first-order valence-corrected chi connectivity index (χ1v) is 8.59. The molecule has 25 heavy (non-hydrogen) atoms. The summed E-state index contributed by atoms with van der Waals surface area (Å²) in [6, 6.07) is 13.1. The van der Waals surface area contributed by atoms with Crippen LogP contribution in [-0.4, -0.2) is 24.5 Å². The Morgan fingerprint density at radius 3 is 2.68 bits per heavy atom. The molecule has 1 heterocycles. The predicted molar refractivity (Wildman–Crippen MR) is 95.2 cm³/mol. The molecule has 2 aliphatic rings. The van der Waals surface area contributed by atoms with Crippen LogP contribution in [0.25, 0.3) is 0 Å². The number of carbonyl (C=O) groups excluding carboxylic acids is 2. The molecule has 4 rings (SSSR count). The zero-order valence-electron chi connectivity index (χ0n) is 13.4. The van der Waals surface area contributed by atoms with Crippen molar-refractivity contribution in [2.24, 2.45) is 0 Å². The summed E-state index contributed by atoms with van der Waals surface area (Å²) in [6.45, 7) is -0.0243. The van der Waals surface area contributed by atoms with Crippen molar-refractivity contribution in [2.75, 3.05) is 11.9 Å². The van der Waals surface area contributed by atoms with Gasteiger partial charge in [0.1, 0.15) is 5.75 Å². The summed E-state index contributed by atoms with van der Waals surface area (Å²) in [5.74, 6) is 0.680. The first-order valence-electron chi connectivity index (χ1n) is 8.21. The van der Waals surface area contributed by atoms with Crippen molar-refractivity contribution in [1.29, 1.82) is 0 Å². The van der Waals surface area contributed by atoms with Crippen LogP contribution in [0.4, 0.5) is 5.69 Å². The number of rotatable bonds is 3. The molecule has 0 unspecified atom stereocenters. The lowest BCUT2D eigenvalue weighted by Gasteiger charge is -2.36. The second kappa shape index (κ2) is 6.41. The Hall–Kier alpha value is -2.53. The van der Waals surface area contributed by atoms with Crippen LogP contribution >= 0.6 is 11.6 Å². The van der Waals surface area contributed by atoms with Crippen molar-refractivity contribution in [3.63, 3.8) is 0 Å². The summed E-state index contributed by atoms with van der Waals surface area (Å²) in [6.07, 6.45) is 1.84. The van der Waals surface area contributed by atoms with E-state index in [1.165, 1.54) is 5.56 Å². The van der Waals surface area contributed by atoms with Gasteiger partial charge in [0.05, 0.1) is 5.69 Å². The first kappa shape index (κ1) is 16.0. The lowest BCUT2D eigenvalue weighted by Crippen LogP contribution is -2.43. The maximum Gasteiger partial charge on any atom is 0.262 e. The topological polar surface area (TPSA) is 67.4 Å². The van der Waals surface area contributed by atoms with E-state index in [4.69, 9.17) is 16.3 Å². The van der Waals surface area contributed by atoms with Crippen LogP contribution < -0.4 is 15.4 Å². The van der Waals surface area contributed by atoms with Crippen LogP contribution in [0.1, 0.15) is 34.7 Å². The number of amides is 2. The average molecular weight is 357 g/mol. The fourth-order valence-electron chi connectivity index (χ4n) is 3.23. The van der Waals surface area contributed by atoms with Gasteiger partial charge in [-0.25, -0.2) is 0 Å². The summed E-state index contributed by atoms with van der Waals surface area (Å²) in [7, 11) is 0. The van der Waals surface area contributed by atoms with Crippen molar-refractivity contribution < 1.29 is 14.3 Å². The number of nitrogens with one attached hydrogen (secondary N) is 2. The molecule has 0 radical (unpaired) electrons. The predicted octanol–water partition coefficient (Wildman–Crippen LogP) is 3.35. The highest BCUT2D eigenvalue weighted by molar-refractivity contribution is 6.30. The largest absolute Gasteiger partial charge is 0.482 e. The van der Waals surface area contributed by atoms with Crippen LogP contribution in [0.15, 0.2) is 42.5 Å². The minimum absolute atomic E-state index is 0.0243. The van der Waals surface area contributed by atoms with Gasteiger partial charge in [-0.05, 0) is 54.7 Å². The molecular formula is C19H17ClN2O3. The number of fused-ring (bicyclic) bond motifs is 1. The van der Waals surface area contributed by atoms with Crippen LogP contribution in [0.2, 0.25) is 5.02 Å². The standard InChI is InChI=1S/C19H17ClN2O3/c20-14-4-1-11(2-5-14)13-7-15(8-13)21-19(24)12-3-6-16-17(9-12)25-10-18(23)22-16/h1-6,9,13,15H,7-8,10H2,(H,21,24)(H,22,23). The number of hydrogen-bond acceptors (Lipinski definition) is 3. The SMILES string of the molecule is O=C1COc2cc(C(=O)NC3CC(c4ccc(Cl)cc4)C3)ccc2N1. The third kappa shape index (κ3) is 3.33. The van der Waals surface area contributed by atoms with Crippen LogP contribution in [-0.2, 0) is 4.79 Å². The molecule has 0 spiro atoms. The van der Waals surface area contributed by atoms with Gasteiger partial charge >= 0.3 is 0 Å². The molecule has 0 aromatic heterocycles. The maximum absolute atomic E-state index is 12.4. The number of hydrogen-bond donors (Lipinski definition) is 2. The van der Waals surface area contributed by atoms with Gasteiger partial charge in [-0.15, -0.1) is 0 Å². The molecule has 1 aliphatic carbocycles. The van der Waals surface area contributed by atoms with Crippen LogP contribution in [0.5, 0.6) is 5.75 Å². The van der Waals surface area contributed by atoms with Crippen molar-refractivity contribution in [3.05, 3.63) is 58.6 Å². The molecule has 0 saturated heterocycles. The van der Waals surface area contributed by atoms with Gasteiger partial charge in [-0.1, -0.05) is 23.7 Å². The summed E-state index contributed by atoms with van der Waals surface area (Å²) in [5.41, 5.74) is 2.39. The van der Waals surface area contributed by atoms with Crippen LogP contribution in [0.3, 0.4) is 0 Å². The van der Waals surface area contributed by atoms with Gasteiger partial charge in [-0.3, -0.25) is 9.59 Å². The Morgan fingerprint density at radius 1 is 1.16 bits per heavy atom. The zero-order chi connectivity index (χ0) is 17.4. The third-order valence-corrected chi connectivity index (χ3v) is 4.94. The molecule has 2 aromatic rings. The summed E-state index contributed by atoms with van der Waals surface area (Å²) < 4.78 is 5.35. The molecule has 5 nitrogen and oxygen atoms in total. The van der Waals surface area contributed by atoms with E-state index in [2.05, 4.69) is 10.6 Å². The Bertz CT molecular complexity index is 829. The summed E-state index contributed by atoms with van der Waals surface area (Å²) in [5, 5.41) is 6.50. The lowest BCUT2D eigenvalue weighted by molar-refractivity contribution is -0.118. The molecule has 1 saturated carbocycles. The van der Waals surface area contributed by atoms with E-state index in [0.29, 0.717) is 22.9 Å². The fraction of sp³-hybridized carbons (Fsp3) is 0.263. The Morgan fingerprint density at radius 2 is 1.92 bits per heavy atom. The van der Waals surface area contributed by atoms with Gasteiger partial charge in [0.25, 0.3) is 11.8 Å². The van der Waals surface area contributed by atoms with E-state index in [1.54, 1.807) is 18.2 Å². The highest BCUT2D eigenvalue weighted by Crippen LogP contribution is 2.37. The molecule has 0 atom stereocenters. The van der Waals surface area contributed by atoms with E-state index >= 15 is 0 Å². The Balaban J connectivity index is 1.36. The minimum atomic E-state index is -0.188. The number of carbonyl (C=O) groups is 2. The second-order valence-electron chi connectivity index (χ2n) is 6.44. The summed E-state index contributed by atoms with van der Waals surface area (Å²) in [4.78, 5) is 23.7. The lowest BCUT2D eigenvalue weighted by atomic mass is 9.76. The fourth-order valence-corrected chi connectivity index (χ4v) is 3.35. The van der Waals surface area contributed by atoms with E-state index in [-0.39, 0.29) is 24.5 Å². The summed E-state index contributed by atoms with van der Waals surface area (Å²) >= 11 is 5.91. The average Bonchev–Trinajstić information content (AvgIpc) is 2.58. The molecule has 6 heteroatoms. The number of anilines is 1. The third-order valence-electron chi connectivity index (χ3n) is 4.69. The van der Waals surface area contributed by atoms with E-state index in [1.807, 2.05) is 24.3 Å². The van der Waals surface area contributed by atoms with Crippen LogP contribution in [0, 0.1) is 0 Å². The van der Waals surface area contributed by atoms with Gasteiger partial charge in [-0.2, -0.15) is 0 Å². The van der Waals surface area contributed by atoms with Crippen molar-refractivity contribution >= 4 is 29.1 Å². The molecule has 2 amide bonds. The monoisotopic (exact) mass is 356 g/mol. The van der Waals surface area contributed by atoms with Gasteiger partial charge < -0.3 is 15.4 Å². The molecule has 0 bridgehead atoms. The molecule has 2 N–H and O–H groups in total. The smallest absolute Gasteiger partial charge is 0.262 e. The van der Waals surface area contributed by atoms with Crippen molar-refractivity contribution in [1.82, 2.24) is 5.32 Å². The Labute approximate surface area is 150 Å². The molecule has 2 aromatic carbocycles. The first-order chi connectivity index (χ1) is 12.1. The number of halogens is 1. The van der Waals surface area contributed by atoms with Crippen molar-refractivity contribution in [3.8, 4) is 5.75 Å². The van der Waals surface area contributed by atoms with Crippen molar-refractivity contribution in [2.45, 2.75) is 24.8 Å². The quantitative estimate of drug-likeness (QED) is 0.886. The minimum Gasteiger partial charge on any atom is -0.482 e. The molecule has 128 valence electrons. The second-order valence-corrected chi connectivity index (χ2v) is 6.87. The molecule has 1 fully saturated rings. The number of benzene rings is 2. The van der Waals surface area contributed by atoms with Gasteiger partial charge in [0.15, 0.2) is 6.61 Å². The number of ether oxygens (including phenoxy) is 1. The zero-order valence-corrected chi connectivity index (χ0v) is 14.2. The van der Waals surface area contributed by atoms with Gasteiger partial charge in [0.2, 0.25) is 0 Å². The highest BCUT2D eigenvalue weighted by Gasteiger charge is 2.31. The normalized spacial score (nSPS) is 21.4. The van der Waals surface area contributed by atoms with Gasteiger partial charge in [0, 0.05) is 16.6 Å². The van der Waals surface area contributed by atoms with E-state index in [0.717, 1.165) is 17.9 Å². The van der Waals surface area contributed by atoms with E-state index < -0.39 is 0 Å².